The first kappa shape index (κ1) is 11.8. The lowest BCUT2D eigenvalue weighted by Crippen LogP contribution is -2.31. The summed E-state index contributed by atoms with van der Waals surface area (Å²) >= 11 is 4.04. The second kappa shape index (κ2) is 7.43. The Kier molecular flexibility index (Phi) is 7.29. The largest absolute Gasteiger partial charge is 0.356 e. The number of carbonyl (C=O) groups is 1. The highest BCUT2D eigenvalue weighted by Crippen LogP contribution is 1.96. The summed E-state index contributed by atoms with van der Waals surface area (Å²) in [5, 5.41) is 2.82. The van der Waals surface area contributed by atoms with Gasteiger partial charge in [-0.3, -0.25) is 4.79 Å². The predicted molar refractivity (Wildman–Crippen MR) is 54.3 cm³/mol. The third-order valence-corrected chi connectivity index (χ3v) is 2.20. The van der Waals surface area contributed by atoms with Gasteiger partial charge in [-0.25, -0.2) is 0 Å². The zero-order valence-corrected chi connectivity index (χ0v) is 8.44. The Bertz CT molecular complexity index is 130. The molecule has 1 unspecified atom stereocenters. The molecule has 0 fully saturated rings. The summed E-state index contributed by atoms with van der Waals surface area (Å²) in [5.41, 5.74) is 5.31. The van der Waals surface area contributed by atoms with Gasteiger partial charge in [-0.2, -0.15) is 12.6 Å². The Labute approximate surface area is 79.5 Å². The summed E-state index contributed by atoms with van der Waals surface area (Å²) in [6.07, 6.45) is 1.93. The van der Waals surface area contributed by atoms with E-state index in [0.717, 1.165) is 19.4 Å². The monoisotopic (exact) mass is 190 g/mol. The van der Waals surface area contributed by atoms with Crippen molar-refractivity contribution in [3.63, 3.8) is 0 Å². The molecule has 3 nitrogen and oxygen atoms in total. The van der Waals surface area contributed by atoms with Gasteiger partial charge >= 0.3 is 0 Å². The van der Waals surface area contributed by atoms with Gasteiger partial charge in [0, 0.05) is 18.2 Å². The van der Waals surface area contributed by atoms with Gasteiger partial charge in [0.1, 0.15) is 0 Å². The van der Waals surface area contributed by atoms with E-state index in [1.807, 2.05) is 6.92 Å². The van der Waals surface area contributed by atoms with Crippen LogP contribution in [-0.2, 0) is 4.79 Å². The van der Waals surface area contributed by atoms with Gasteiger partial charge in [0.15, 0.2) is 0 Å². The van der Waals surface area contributed by atoms with Gasteiger partial charge in [0.2, 0.25) is 5.91 Å². The van der Waals surface area contributed by atoms with Crippen molar-refractivity contribution >= 4 is 18.5 Å². The average molecular weight is 190 g/mol. The number of hydrogen-bond donors (Lipinski definition) is 3. The van der Waals surface area contributed by atoms with Crippen molar-refractivity contribution in [3.05, 3.63) is 0 Å². The molecule has 3 N–H and O–H groups in total. The molecular weight excluding hydrogens is 172 g/mol. The summed E-state index contributed by atoms with van der Waals surface area (Å²) in [6, 6.07) is 0. The molecule has 0 aromatic carbocycles. The van der Waals surface area contributed by atoms with E-state index in [4.69, 9.17) is 5.73 Å². The van der Waals surface area contributed by atoms with Crippen LogP contribution in [0.3, 0.4) is 0 Å². The molecule has 0 aliphatic rings. The number of unbranched alkanes of at least 4 members (excludes halogenated alkanes) is 1. The van der Waals surface area contributed by atoms with Crippen LogP contribution in [0.15, 0.2) is 0 Å². The van der Waals surface area contributed by atoms with Gasteiger partial charge in [0.05, 0.1) is 0 Å². The van der Waals surface area contributed by atoms with E-state index in [9.17, 15) is 4.79 Å². The van der Waals surface area contributed by atoms with Crippen LogP contribution in [0.2, 0.25) is 0 Å². The first-order valence-corrected chi connectivity index (χ1v) is 4.94. The molecule has 0 aliphatic heterocycles. The summed E-state index contributed by atoms with van der Waals surface area (Å²) < 4.78 is 0. The standard InChI is InChI=1S/C8H18N2OS/c1-7(6-12)8(11)10-5-3-2-4-9/h7,12H,2-6,9H2,1H3,(H,10,11). The Morgan fingerprint density at radius 2 is 2.25 bits per heavy atom. The summed E-state index contributed by atoms with van der Waals surface area (Å²) in [5.74, 6) is 0.691. The average Bonchev–Trinajstić information content (AvgIpc) is 2.10. The van der Waals surface area contributed by atoms with Gasteiger partial charge in [-0.15, -0.1) is 0 Å². The molecule has 72 valence electrons. The second-order valence-electron chi connectivity index (χ2n) is 2.87. The zero-order chi connectivity index (χ0) is 9.40. The molecule has 0 heterocycles. The van der Waals surface area contributed by atoms with Crippen LogP contribution in [0.4, 0.5) is 0 Å². The van der Waals surface area contributed by atoms with Gasteiger partial charge in [0.25, 0.3) is 0 Å². The first-order chi connectivity index (χ1) is 5.72. The molecule has 0 rings (SSSR count). The quantitative estimate of drug-likeness (QED) is 0.420. The van der Waals surface area contributed by atoms with E-state index >= 15 is 0 Å². The van der Waals surface area contributed by atoms with Gasteiger partial charge in [-0.1, -0.05) is 6.92 Å². The second-order valence-corrected chi connectivity index (χ2v) is 3.24. The Morgan fingerprint density at radius 3 is 2.75 bits per heavy atom. The molecule has 1 amide bonds. The molecule has 0 radical (unpaired) electrons. The zero-order valence-electron chi connectivity index (χ0n) is 7.55. The van der Waals surface area contributed by atoms with E-state index in [-0.39, 0.29) is 11.8 Å². The van der Waals surface area contributed by atoms with E-state index in [0.29, 0.717) is 12.3 Å². The highest BCUT2D eigenvalue weighted by Gasteiger charge is 2.08. The number of rotatable bonds is 6. The molecule has 0 saturated carbocycles. The van der Waals surface area contributed by atoms with Crippen LogP contribution in [0, 0.1) is 5.92 Å². The van der Waals surface area contributed by atoms with Crippen molar-refractivity contribution in [3.8, 4) is 0 Å². The van der Waals surface area contributed by atoms with Crippen molar-refractivity contribution in [1.29, 1.82) is 0 Å². The maximum Gasteiger partial charge on any atom is 0.223 e. The minimum absolute atomic E-state index is 0.00575. The third kappa shape index (κ3) is 5.43. The number of nitrogens with two attached hydrogens (primary N) is 1. The number of thiol groups is 1. The van der Waals surface area contributed by atoms with Gasteiger partial charge < -0.3 is 11.1 Å². The van der Waals surface area contributed by atoms with Crippen molar-refractivity contribution < 1.29 is 4.79 Å². The summed E-state index contributed by atoms with van der Waals surface area (Å²) in [7, 11) is 0. The Balaban J connectivity index is 3.31. The van der Waals surface area contributed by atoms with Crippen molar-refractivity contribution in [2.75, 3.05) is 18.8 Å². The normalized spacial score (nSPS) is 12.6. The van der Waals surface area contributed by atoms with Crippen LogP contribution in [0.5, 0.6) is 0 Å². The topological polar surface area (TPSA) is 55.1 Å². The molecule has 0 saturated heterocycles. The molecule has 0 aromatic heterocycles. The van der Waals surface area contributed by atoms with E-state index < -0.39 is 0 Å². The number of nitrogens with one attached hydrogen (secondary N) is 1. The van der Waals surface area contributed by atoms with Crippen molar-refractivity contribution in [2.24, 2.45) is 11.7 Å². The number of carbonyl (C=O) groups excluding carboxylic acids is 1. The lowest BCUT2D eigenvalue weighted by atomic mass is 10.2. The molecule has 0 aromatic rings. The van der Waals surface area contributed by atoms with Gasteiger partial charge in [-0.05, 0) is 19.4 Å². The molecule has 4 heteroatoms. The van der Waals surface area contributed by atoms with Crippen LogP contribution >= 0.6 is 12.6 Å². The maximum absolute atomic E-state index is 11.1. The maximum atomic E-state index is 11.1. The van der Waals surface area contributed by atoms with E-state index in [1.165, 1.54) is 0 Å². The smallest absolute Gasteiger partial charge is 0.223 e. The number of hydrogen-bond acceptors (Lipinski definition) is 3. The molecule has 0 bridgehead atoms. The van der Waals surface area contributed by atoms with Crippen LogP contribution in [-0.4, -0.2) is 24.7 Å². The van der Waals surface area contributed by atoms with E-state index in [2.05, 4.69) is 17.9 Å². The molecule has 12 heavy (non-hydrogen) atoms. The highest BCUT2D eigenvalue weighted by atomic mass is 32.1. The van der Waals surface area contributed by atoms with E-state index in [1.54, 1.807) is 0 Å². The lowest BCUT2D eigenvalue weighted by Gasteiger charge is -2.08. The number of amides is 1. The fourth-order valence-corrected chi connectivity index (χ4v) is 0.904. The molecule has 0 spiro atoms. The summed E-state index contributed by atoms with van der Waals surface area (Å²) in [6.45, 7) is 3.29. The lowest BCUT2D eigenvalue weighted by molar-refractivity contribution is -0.123. The van der Waals surface area contributed by atoms with Crippen LogP contribution in [0.25, 0.3) is 0 Å². The highest BCUT2D eigenvalue weighted by molar-refractivity contribution is 7.80. The minimum atomic E-state index is 0.00575. The van der Waals surface area contributed by atoms with Crippen LogP contribution < -0.4 is 11.1 Å². The SMILES string of the molecule is CC(CS)C(=O)NCCCCN. The molecule has 0 aliphatic carbocycles. The fraction of sp³-hybridized carbons (Fsp3) is 0.875. The van der Waals surface area contributed by atoms with Crippen molar-refractivity contribution in [1.82, 2.24) is 5.32 Å². The minimum Gasteiger partial charge on any atom is -0.356 e. The Hall–Kier alpha value is -0.220. The summed E-state index contributed by atoms with van der Waals surface area (Å²) in [4.78, 5) is 11.1. The molecule has 1 atom stereocenters. The fourth-order valence-electron chi connectivity index (χ4n) is 0.738. The predicted octanol–water partition coefficient (Wildman–Crippen LogP) is 0.407. The molecular formula is C8H18N2OS. The third-order valence-electron chi connectivity index (χ3n) is 1.65. The van der Waals surface area contributed by atoms with Crippen LogP contribution in [0.1, 0.15) is 19.8 Å². The van der Waals surface area contributed by atoms with Crippen molar-refractivity contribution in [2.45, 2.75) is 19.8 Å². The first-order valence-electron chi connectivity index (χ1n) is 4.31. The Morgan fingerprint density at radius 1 is 1.58 bits per heavy atom.